The summed E-state index contributed by atoms with van der Waals surface area (Å²) < 4.78 is 27.9. The van der Waals surface area contributed by atoms with Crippen LogP contribution in [0.2, 0.25) is 0 Å². The minimum Gasteiger partial charge on any atom is -0.324 e. The summed E-state index contributed by atoms with van der Waals surface area (Å²) in [6.45, 7) is 9.64. The number of rotatable bonds is 8. The summed E-state index contributed by atoms with van der Waals surface area (Å²) in [5.74, 6) is -0.359. The molecule has 0 aliphatic heterocycles. The molecule has 0 aliphatic rings. The van der Waals surface area contributed by atoms with E-state index in [4.69, 9.17) is 0 Å². The number of anilines is 1. The van der Waals surface area contributed by atoms with Crippen LogP contribution in [0.5, 0.6) is 0 Å². The number of carbonyl (C=O) groups excluding carboxylic acids is 1. The van der Waals surface area contributed by atoms with Gasteiger partial charge in [0.05, 0.1) is 4.90 Å². The normalized spacial score (nSPS) is 12.8. The van der Waals surface area contributed by atoms with Gasteiger partial charge in [-0.3, -0.25) is 9.36 Å². The molecule has 9 heteroatoms. The highest BCUT2D eigenvalue weighted by atomic mass is 32.2. The molecule has 1 heterocycles. The molecule has 1 aromatic heterocycles. The quantitative estimate of drug-likeness (QED) is 0.707. The van der Waals surface area contributed by atoms with Crippen molar-refractivity contribution in [2.45, 2.75) is 52.0 Å². The average Bonchev–Trinajstić information content (AvgIpc) is 2.65. The fourth-order valence-corrected chi connectivity index (χ4v) is 4.73. The Morgan fingerprint density at radius 1 is 1.14 bits per heavy atom. The lowest BCUT2D eigenvalue weighted by molar-refractivity contribution is -0.119. The monoisotopic (exact) mass is 420 g/mol. The van der Waals surface area contributed by atoms with Gasteiger partial charge < -0.3 is 5.32 Å². The third kappa shape index (κ3) is 4.91. The van der Waals surface area contributed by atoms with Crippen molar-refractivity contribution in [1.82, 2.24) is 13.9 Å². The van der Waals surface area contributed by atoms with Crippen molar-refractivity contribution in [3.63, 3.8) is 0 Å². The van der Waals surface area contributed by atoms with Crippen LogP contribution in [0.25, 0.3) is 0 Å². The first-order valence-corrected chi connectivity index (χ1v) is 11.1. The first-order valence-electron chi connectivity index (χ1n) is 9.63. The molecule has 1 aromatic carbocycles. The topological polar surface area (TPSA) is 101 Å². The van der Waals surface area contributed by atoms with Gasteiger partial charge in [-0.1, -0.05) is 20.8 Å². The van der Waals surface area contributed by atoms with E-state index in [1.807, 2.05) is 6.92 Å². The number of nitrogens with one attached hydrogen (secondary N) is 1. The smallest absolute Gasteiger partial charge is 0.324 e. The summed E-state index contributed by atoms with van der Waals surface area (Å²) in [6.07, 6.45) is 0.408. The van der Waals surface area contributed by atoms with Gasteiger partial charge in [-0.25, -0.2) is 13.2 Å². The second-order valence-corrected chi connectivity index (χ2v) is 8.66. The Bertz CT molecular complexity index is 1030. The zero-order valence-electron chi connectivity index (χ0n) is 17.5. The van der Waals surface area contributed by atoms with Crippen LogP contribution in [0.1, 0.15) is 44.6 Å². The van der Waals surface area contributed by atoms with E-state index in [1.165, 1.54) is 21.0 Å². The number of aromatic nitrogens is 2. The van der Waals surface area contributed by atoms with Crippen molar-refractivity contribution >= 4 is 21.6 Å². The van der Waals surface area contributed by atoms with Crippen LogP contribution in [0, 0.1) is 13.8 Å². The van der Waals surface area contributed by atoms with Gasteiger partial charge in [0.2, 0.25) is 15.9 Å². The van der Waals surface area contributed by atoms with Crippen LogP contribution in [0.15, 0.2) is 40.0 Å². The summed E-state index contributed by atoms with van der Waals surface area (Å²) in [6, 6.07) is 7.07. The Hall–Kier alpha value is -2.52. The minimum absolute atomic E-state index is 0.168. The van der Waals surface area contributed by atoms with Crippen molar-refractivity contribution in [2.24, 2.45) is 0 Å². The maximum atomic E-state index is 12.8. The van der Waals surface area contributed by atoms with Gasteiger partial charge in [0.25, 0.3) is 0 Å². The van der Waals surface area contributed by atoms with Gasteiger partial charge in [0.1, 0.15) is 6.04 Å². The van der Waals surface area contributed by atoms with Crippen LogP contribution in [-0.2, 0) is 14.8 Å². The summed E-state index contributed by atoms with van der Waals surface area (Å²) >= 11 is 0. The molecule has 2 aromatic rings. The molecule has 1 unspecified atom stereocenters. The highest BCUT2D eigenvalue weighted by molar-refractivity contribution is 7.89. The van der Waals surface area contributed by atoms with Crippen molar-refractivity contribution in [3.8, 4) is 0 Å². The molecule has 8 nitrogen and oxygen atoms in total. The third-order valence-corrected chi connectivity index (χ3v) is 6.81. The second-order valence-electron chi connectivity index (χ2n) is 6.72. The molecule has 0 bridgehead atoms. The Labute approximate surface area is 171 Å². The molecule has 0 saturated carbocycles. The van der Waals surface area contributed by atoms with Crippen LogP contribution in [0.3, 0.4) is 0 Å². The zero-order valence-corrected chi connectivity index (χ0v) is 18.3. The van der Waals surface area contributed by atoms with Crippen molar-refractivity contribution in [1.29, 1.82) is 0 Å². The number of nitrogens with zero attached hydrogens (tertiary/aromatic N) is 3. The Morgan fingerprint density at radius 2 is 1.72 bits per heavy atom. The minimum atomic E-state index is -3.56. The largest absolute Gasteiger partial charge is 0.348 e. The van der Waals surface area contributed by atoms with Crippen LogP contribution >= 0.6 is 0 Å². The Kier molecular flexibility index (Phi) is 7.32. The molecule has 1 amide bonds. The molecule has 1 atom stereocenters. The molecule has 0 fully saturated rings. The first kappa shape index (κ1) is 22.8. The third-order valence-electron chi connectivity index (χ3n) is 4.74. The van der Waals surface area contributed by atoms with Crippen LogP contribution < -0.4 is 11.0 Å². The maximum absolute atomic E-state index is 12.8. The SMILES string of the molecule is CCC(C(=O)Nc1ccc(S(=O)(=O)N(CC)CC)cc1)n1c(C)cc(C)nc1=O. The molecule has 0 radical (unpaired) electrons. The van der Waals surface area contributed by atoms with Gasteiger partial charge >= 0.3 is 5.69 Å². The lowest BCUT2D eigenvalue weighted by Gasteiger charge is -2.20. The summed E-state index contributed by atoms with van der Waals surface area (Å²) in [5, 5.41) is 2.76. The van der Waals surface area contributed by atoms with Crippen molar-refractivity contribution in [2.75, 3.05) is 18.4 Å². The lowest BCUT2D eigenvalue weighted by atomic mass is 10.1. The number of hydrogen-bond donors (Lipinski definition) is 1. The average molecular weight is 421 g/mol. The van der Waals surface area contributed by atoms with Crippen molar-refractivity contribution < 1.29 is 13.2 Å². The molecule has 0 saturated heterocycles. The molecular formula is C20H28N4O4S. The van der Waals surface area contributed by atoms with Gasteiger partial charge in [0, 0.05) is 30.2 Å². The second kappa shape index (κ2) is 9.32. The van der Waals surface area contributed by atoms with E-state index in [1.54, 1.807) is 45.9 Å². The van der Waals surface area contributed by atoms with Gasteiger partial charge in [0.15, 0.2) is 0 Å². The van der Waals surface area contributed by atoms with E-state index in [2.05, 4.69) is 10.3 Å². The van der Waals surface area contributed by atoms with E-state index in [9.17, 15) is 18.0 Å². The molecule has 0 spiro atoms. The van der Waals surface area contributed by atoms with E-state index in [-0.39, 0.29) is 10.8 Å². The van der Waals surface area contributed by atoms with Crippen molar-refractivity contribution in [3.05, 3.63) is 52.2 Å². The summed E-state index contributed by atoms with van der Waals surface area (Å²) in [7, 11) is -3.56. The van der Waals surface area contributed by atoms with Gasteiger partial charge in [-0.15, -0.1) is 0 Å². The fraction of sp³-hybridized carbons (Fsp3) is 0.450. The molecular weight excluding hydrogens is 392 g/mol. The number of aryl methyl sites for hydroxylation is 2. The summed E-state index contributed by atoms with van der Waals surface area (Å²) in [4.78, 5) is 29.2. The van der Waals surface area contributed by atoms with E-state index >= 15 is 0 Å². The zero-order chi connectivity index (χ0) is 21.8. The van der Waals surface area contributed by atoms with Crippen LogP contribution in [-0.4, -0.2) is 41.3 Å². The number of benzene rings is 1. The number of carbonyl (C=O) groups is 1. The lowest BCUT2D eigenvalue weighted by Crippen LogP contribution is -2.36. The van der Waals surface area contributed by atoms with Gasteiger partial charge in [-0.05, 0) is 50.6 Å². The fourth-order valence-electron chi connectivity index (χ4n) is 3.27. The van der Waals surface area contributed by atoms with E-state index in [0.29, 0.717) is 36.6 Å². The maximum Gasteiger partial charge on any atom is 0.348 e. The Morgan fingerprint density at radius 3 is 2.21 bits per heavy atom. The molecule has 158 valence electrons. The highest BCUT2D eigenvalue weighted by Crippen LogP contribution is 2.20. The molecule has 1 N–H and O–H groups in total. The predicted molar refractivity (Wildman–Crippen MR) is 112 cm³/mol. The molecule has 2 rings (SSSR count). The van der Waals surface area contributed by atoms with E-state index in [0.717, 1.165) is 0 Å². The first-order chi connectivity index (χ1) is 13.6. The number of hydrogen-bond acceptors (Lipinski definition) is 5. The molecule has 0 aliphatic carbocycles. The van der Waals surface area contributed by atoms with E-state index < -0.39 is 21.8 Å². The number of sulfonamides is 1. The molecule has 29 heavy (non-hydrogen) atoms. The standard InChI is InChI=1S/C20H28N4O4S/c1-6-18(24-15(5)13-14(4)21-20(24)26)19(25)22-16-9-11-17(12-10-16)29(27,28)23(7-2)8-3/h9-13,18H,6-8H2,1-5H3,(H,22,25). The summed E-state index contributed by atoms with van der Waals surface area (Å²) in [5.41, 5.74) is 1.25. The highest BCUT2D eigenvalue weighted by Gasteiger charge is 2.23. The predicted octanol–water partition coefficient (Wildman–Crippen LogP) is 2.48. The van der Waals surface area contributed by atoms with Crippen LogP contribution in [0.4, 0.5) is 5.69 Å². The Balaban J connectivity index is 2.26. The van der Waals surface area contributed by atoms with Gasteiger partial charge in [-0.2, -0.15) is 9.29 Å². The number of amides is 1.